The van der Waals surface area contributed by atoms with Gasteiger partial charge in [-0.15, -0.1) is 0 Å². The molecule has 2 rings (SSSR count). The highest BCUT2D eigenvalue weighted by Crippen LogP contribution is 2.19. The minimum absolute atomic E-state index is 0.114. The zero-order valence-corrected chi connectivity index (χ0v) is 12.4. The summed E-state index contributed by atoms with van der Waals surface area (Å²) in [6.45, 7) is 2.55. The molecule has 1 fully saturated rings. The van der Waals surface area contributed by atoms with Crippen LogP contribution in [0, 0.1) is 0 Å². The molecule has 1 saturated heterocycles. The Morgan fingerprint density at radius 2 is 1.95 bits per heavy atom. The van der Waals surface area contributed by atoms with Crippen LogP contribution in [0.1, 0.15) is 18.5 Å². The van der Waals surface area contributed by atoms with Gasteiger partial charge in [0.15, 0.2) is 0 Å². The zero-order chi connectivity index (χ0) is 14.8. The Morgan fingerprint density at radius 1 is 1.30 bits per heavy atom. The van der Waals surface area contributed by atoms with E-state index in [0.29, 0.717) is 13.1 Å². The standard InChI is InChI=1S/C13H19N3O3S/c1-10(14-2)11-3-5-12(6-4-11)20(18,19)16-8-7-15-13(17)9-16/h3-6,10,14H,7-9H2,1-2H3,(H,15,17). The normalized spacial score (nSPS) is 18.6. The highest BCUT2D eigenvalue weighted by molar-refractivity contribution is 7.89. The quantitative estimate of drug-likeness (QED) is 0.825. The fourth-order valence-electron chi connectivity index (χ4n) is 2.06. The molecule has 1 atom stereocenters. The molecule has 6 nitrogen and oxygen atoms in total. The van der Waals surface area contributed by atoms with E-state index in [2.05, 4.69) is 10.6 Å². The molecule has 1 amide bonds. The third-order valence-electron chi connectivity index (χ3n) is 3.45. The van der Waals surface area contributed by atoms with Crippen molar-refractivity contribution in [2.24, 2.45) is 0 Å². The van der Waals surface area contributed by atoms with Crippen molar-refractivity contribution >= 4 is 15.9 Å². The summed E-state index contributed by atoms with van der Waals surface area (Å²) in [5.41, 5.74) is 1.02. The lowest BCUT2D eigenvalue weighted by Crippen LogP contribution is -2.49. The second-order valence-corrected chi connectivity index (χ2v) is 6.71. The molecule has 2 N–H and O–H groups in total. The van der Waals surface area contributed by atoms with Gasteiger partial charge in [0.25, 0.3) is 0 Å². The number of hydrogen-bond donors (Lipinski definition) is 2. The average Bonchev–Trinajstić information content (AvgIpc) is 2.46. The van der Waals surface area contributed by atoms with E-state index in [9.17, 15) is 13.2 Å². The Balaban J connectivity index is 2.23. The predicted molar refractivity (Wildman–Crippen MR) is 75.7 cm³/mol. The molecule has 7 heteroatoms. The van der Waals surface area contributed by atoms with Crippen LogP contribution in [0.3, 0.4) is 0 Å². The highest BCUT2D eigenvalue weighted by atomic mass is 32.2. The zero-order valence-electron chi connectivity index (χ0n) is 11.6. The van der Waals surface area contributed by atoms with Crippen LogP contribution >= 0.6 is 0 Å². The van der Waals surface area contributed by atoms with Gasteiger partial charge in [0.2, 0.25) is 15.9 Å². The minimum Gasteiger partial charge on any atom is -0.354 e. The van der Waals surface area contributed by atoms with Gasteiger partial charge in [-0.2, -0.15) is 4.31 Å². The van der Waals surface area contributed by atoms with Crippen LogP contribution in [0.15, 0.2) is 29.2 Å². The van der Waals surface area contributed by atoms with Gasteiger partial charge >= 0.3 is 0 Å². The van der Waals surface area contributed by atoms with Gasteiger partial charge in [-0.3, -0.25) is 4.79 Å². The first-order valence-corrected chi connectivity index (χ1v) is 7.93. The lowest BCUT2D eigenvalue weighted by molar-refractivity contribution is -0.122. The first kappa shape index (κ1) is 15.0. The highest BCUT2D eigenvalue weighted by Gasteiger charge is 2.28. The van der Waals surface area contributed by atoms with E-state index in [1.165, 1.54) is 4.31 Å². The SMILES string of the molecule is CNC(C)c1ccc(S(=O)(=O)N2CCNC(=O)C2)cc1. The fourth-order valence-corrected chi connectivity index (χ4v) is 3.46. The van der Waals surface area contributed by atoms with E-state index in [1.807, 2.05) is 14.0 Å². The lowest BCUT2D eigenvalue weighted by Gasteiger charge is -2.26. The topological polar surface area (TPSA) is 78.5 Å². The number of benzene rings is 1. The van der Waals surface area contributed by atoms with E-state index in [-0.39, 0.29) is 23.4 Å². The summed E-state index contributed by atoms with van der Waals surface area (Å²) in [5.74, 6) is -0.264. The summed E-state index contributed by atoms with van der Waals surface area (Å²) in [4.78, 5) is 11.5. The van der Waals surface area contributed by atoms with Crippen LogP contribution in [-0.2, 0) is 14.8 Å². The van der Waals surface area contributed by atoms with Crippen molar-refractivity contribution in [3.63, 3.8) is 0 Å². The number of amides is 1. The van der Waals surface area contributed by atoms with Crippen LogP contribution in [0.4, 0.5) is 0 Å². The van der Waals surface area contributed by atoms with Crippen molar-refractivity contribution in [2.45, 2.75) is 17.9 Å². The molecule has 110 valence electrons. The summed E-state index contributed by atoms with van der Waals surface area (Å²) < 4.78 is 26.0. The van der Waals surface area contributed by atoms with Gasteiger partial charge in [0.05, 0.1) is 11.4 Å². The molecule has 1 aliphatic heterocycles. The Labute approximate surface area is 119 Å². The molecule has 0 aliphatic carbocycles. The van der Waals surface area contributed by atoms with E-state index in [0.717, 1.165) is 5.56 Å². The number of piperazine rings is 1. The predicted octanol–water partition coefficient (Wildman–Crippen LogP) is 0.0875. The maximum Gasteiger partial charge on any atom is 0.243 e. The average molecular weight is 297 g/mol. The minimum atomic E-state index is -3.59. The molecule has 0 radical (unpaired) electrons. The number of carbonyl (C=O) groups is 1. The van der Waals surface area contributed by atoms with E-state index in [4.69, 9.17) is 0 Å². The van der Waals surface area contributed by atoms with Gasteiger partial charge in [0.1, 0.15) is 0 Å². The summed E-state index contributed by atoms with van der Waals surface area (Å²) in [7, 11) is -1.74. The van der Waals surface area contributed by atoms with Crippen molar-refractivity contribution in [1.82, 2.24) is 14.9 Å². The van der Waals surface area contributed by atoms with Crippen molar-refractivity contribution in [2.75, 3.05) is 26.7 Å². The first-order chi connectivity index (χ1) is 9.45. The Hall–Kier alpha value is -1.44. The maximum atomic E-state index is 12.4. The Kier molecular flexibility index (Phi) is 4.42. The first-order valence-electron chi connectivity index (χ1n) is 6.49. The van der Waals surface area contributed by atoms with Crippen LogP contribution in [0.25, 0.3) is 0 Å². The summed E-state index contributed by atoms with van der Waals surface area (Å²) >= 11 is 0. The van der Waals surface area contributed by atoms with Crippen LogP contribution in [-0.4, -0.2) is 45.3 Å². The van der Waals surface area contributed by atoms with Crippen molar-refractivity contribution in [3.8, 4) is 0 Å². The van der Waals surface area contributed by atoms with Crippen LogP contribution in [0.2, 0.25) is 0 Å². The van der Waals surface area contributed by atoms with E-state index < -0.39 is 10.0 Å². The number of nitrogens with zero attached hydrogens (tertiary/aromatic N) is 1. The third kappa shape index (κ3) is 3.00. The van der Waals surface area contributed by atoms with E-state index in [1.54, 1.807) is 24.3 Å². The molecule has 1 aromatic carbocycles. The second kappa shape index (κ2) is 5.90. The van der Waals surface area contributed by atoms with Crippen molar-refractivity contribution in [1.29, 1.82) is 0 Å². The molecule has 0 saturated carbocycles. The molecule has 0 spiro atoms. The molecule has 1 heterocycles. The number of carbonyl (C=O) groups excluding carboxylic acids is 1. The Bertz CT molecular complexity index is 583. The Morgan fingerprint density at radius 3 is 2.50 bits per heavy atom. The molecule has 0 aromatic heterocycles. The molecule has 1 unspecified atom stereocenters. The van der Waals surface area contributed by atoms with Crippen molar-refractivity contribution in [3.05, 3.63) is 29.8 Å². The molecule has 1 aliphatic rings. The number of rotatable bonds is 4. The number of hydrogen-bond acceptors (Lipinski definition) is 4. The summed E-state index contributed by atoms with van der Waals surface area (Å²) in [5, 5.41) is 5.71. The monoisotopic (exact) mass is 297 g/mol. The maximum absolute atomic E-state index is 12.4. The summed E-state index contributed by atoms with van der Waals surface area (Å²) in [6.07, 6.45) is 0. The van der Waals surface area contributed by atoms with Gasteiger partial charge < -0.3 is 10.6 Å². The largest absolute Gasteiger partial charge is 0.354 e. The van der Waals surface area contributed by atoms with Crippen LogP contribution < -0.4 is 10.6 Å². The smallest absolute Gasteiger partial charge is 0.243 e. The van der Waals surface area contributed by atoms with Gasteiger partial charge in [0, 0.05) is 19.1 Å². The molecule has 0 bridgehead atoms. The molecular formula is C13H19N3O3S. The second-order valence-electron chi connectivity index (χ2n) is 4.77. The van der Waals surface area contributed by atoms with Crippen LogP contribution in [0.5, 0.6) is 0 Å². The lowest BCUT2D eigenvalue weighted by atomic mass is 10.1. The fraction of sp³-hybridized carbons (Fsp3) is 0.462. The van der Waals surface area contributed by atoms with Gasteiger partial charge in [-0.05, 0) is 31.7 Å². The van der Waals surface area contributed by atoms with Crippen molar-refractivity contribution < 1.29 is 13.2 Å². The number of sulfonamides is 1. The molecular weight excluding hydrogens is 278 g/mol. The number of nitrogens with one attached hydrogen (secondary N) is 2. The van der Waals surface area contributed by atoms with E-state index >= 15 is 0 Å². The summed E-state index contributed by atoms with van der Waals surface area (Å²) in [6, 6.07) is 6.92. The third-order valence-corrected chi connectivity index (χ3v) is 5.31. The molecule has 1 aromatic rings. The van der Waals surface area contributed by atoms with Gasteiger partial charge in [-0.25, -0.2) is 8.42 Å². The molecule has 20 heavy (non-hydrogen) atoms. The van der Waals surface area contributed by atoms with Gasteiger partial charge in [-0.1, -0.05) is 12.1 Å².